The number of aliphatic hydroxyl groups excluding tert-OH is 1. The Balaban J connectivity index is 2.56. The van der Waals surface area contributed by atoms with Crippen molar-refractivity contribution in [2.24, 2.45) is 0 Å². The Kier molecular flexibility index (Phi) is 1.36. The average molecular weight is 155 g/mol. The van der Waals surface area contributed by atoms with Crippen LogP contribution in [0.15, 0.2) is 0 Å². The van der Waals surface area contributed by atoms with Crippen molar-refractivity contribution in [1.29, 1.82) is 0 Å². The number of alkyl halides is 3. The lowest BCUT2D eigenvalue weighted by atomic mass is 10.0. The largest absolute Gasteiger partial charge is 0.411 e. The number of halogens is 3. The minimum absolute atomic E-state index is 0.970. The predicted molar refractivity (Wildman–Crippen MR) is 24.0 cm³/mol. The van der Waals surface area contributed by atoms with E-state index in [1.54, 1.807) is 0 Å². The van der Waals surface area contributed by atoms with Gasteiger partial charge in [-0.05, 0) is 0 Å². The maximum Gasteiger partial charge on any atom is 0.411 e. The molecule has 0 aromatic heterocycles. The summed E-state index contributed by atoms with van der Waals surface area (Å²) in [6, 6.07) is -2.07. The summed E-state index contributed by atoms with van der Waals surface area (Å²) in [5, 5.41) is 9.90. The van der Waals surface area contributed by atoms with Crippen molar-refractivity contribution in [3.8, 4) is 0 Å². The van der Waals surface area contributed by atoms with Crippen molar-refractivity contribution in [2.75, 3.05) is 0 Å². The van der Waals surface area contributed by atoms with Crippen LogP contribution in [-0.4, -0.2) is 29.3 Å². The Morgan fingerprint density at radius 3 is 2.10 bits per heavy atom. The molecule has 0 spiro atoms. The summed E-state index contributed by atoms with van der Waals surface area (Å²) in [5.41, 5.74) is 0. The number of nitrogens with one attached hydrogen (secondary N) is 1. The second-order valence-electron chi connectivity index (χ2n) is 1.97. The maximum atomic E-state index is 11.5. The van der Waals surface area contributed by atoms with Crippen LogP contribution < -0.4 is 5.32 Å². The van der Waals surface area contributed by atoms with Crippen LogP contribution >= 0.6 is 0 Å². The molecule has 0 saturated carbocycles. The fraction of sp³-hybridized carbons (Fsp3) is 0.750. The molecule has 0 aromatic carbocycles. The second kappa shape index (κ2) is 1.85. The molecule has 1 fully saturated rings. The summed E-state index contributed by atoms with van der Waals surface area (Å²) >= 11 is 0. The van der Waals surface area contributed by atoms with E-state index < -0.39 is 24.2 Å². The third-order valence-corrected chi connectivity index (χ3v) is 1.23. The van der Waals surface area contributed by atoms with Crippen LogP contribution in [0, 0.1) is 0 Å². The van der Waals surface area contributed by atoms with Crippen LogP contribution in [0.2, 0.25) is 0 Å². The molecule has 1 aliphatic heterocycles. The van der Waals surface area contributed by atoms with Gasteiger partial charge in [-0.1, -0.05) is 0 Å². The quantitative estimate of drug-likeness (QED) is 0.459. The number of β-lactam (4-membered cyclic amide) rings is 1. The Morgan fingerprint density at radius 1 is 1.50 bits per heavy atom. The SMILES string of the molecule is O=C1N[C@H](C(F)(F)F)[C@@H]1O. The lowest BCUT2D eigenvalue weighted by Gasteiger charge is -2.33. The minimum Gasteiger partial charge on any atom is -0.381 e. The lowest BCUT2D eigenvalue weighted by molar-refractivity contribution is -0.204. The van der Waals surface area contributed by atoms with Crippen molar-refractivity contribution in [3.05, 3.63) is 0 Å². The van der Waals surface area contributed by atoms with E-state index >= 15 is 0 Å². The summed E-state index contributed by atoms with van der Waals surface area (Å²) in [4.78, 5) is 10.0. The van der Waals surface area contributed by atoms with Gasteiger partial charge in [0.25, 0.3) is 5.91 Å². The number of aliphatic hydroxyl groups is 1. The fourth-order valence-corrected chi connectivity index (χ4v) is 0.634. The fourth-order valence-electron chi connectivity index (χ4n) is 0.634. The first kappa shape index (κ1) is 7.33. The van der Waals surface area contributed by atoms with Crippen LogP contribution in [-0.2, 0) is 4.79 Å². The van der Waals surface area contributed by atoms with Gasteiger partial charge in [0.2, 0.25) is 0 Å². The van der Waals surface area contributed by atoms with Gasteiger partial charge < -0.3 is 10.4 Å². The number of carbonyl (C=O) groups excluding carboxylic acids is 1. The molecule has 2 atom stereocenters. The smallest absolute Gasteiger partial charge is 0.381 e. The van der Waals surface area contributed by atoms with Gasteiger partial charge in [0.15, 0.2) is 12.1 Å². The summed E-state index contributed by atoms with van der Waals surface area (Å²) in [7, 11) is 0. The monoisotopic (exact) mass is 155 g/mol. The molecule has 1 amide bonds. The zero-order valence-electron chi connectivity index (χ0n) is 4.64. The van der Waals surface area contributed by atoms with Gasteiger partial charge in [-0.3, -0.25) is 4.79 Å². The van der Waals surface area contributed by atoms with Crippen LogP contribution in [0.5, 0.6) is 0 Å². The van der Waals surface area contributed by atoms with E-state index in [0.29, 0.717) is 0 Å². The zero-order valence-corrected chi connectivity index (χ0v) is 4.64. The van der Waals surface area contributed by atoms with Gasteiger partial charge in [0, 0.05) is 0 Å². The highest BCUT2D eigenvalue weighted by molar-refractivity contribution is 5.88. The summed E-state index contributed by atoms with van der Waals surface area (Å²) in [5.74, 6) is -0.970. The van der Waals surface area contributed by atoms with E-state index in [1.165, 1.54) is 5.32 Å². The summed E-state index contributed by atoms with van der Waals surface area (Å²) < 4.78 is 34.6. The number of amides is 1. The van der Waals surface area contributed by atoms with Crippen molar-refractivity contribution >= 4 is 5.91 Å². The molecule has 1 heterocycles. The van der Waals surface area contributed by atoms with Gasteiger partial charge in [-0.25, -0.2) is 0 Å². The Morgan fingerprint density at radius 2 is 2.00 bits per heavy atom. The first-order valence-electron chi connectivity index (χ1n) is 2.48. The molecular formula is C4H4F3NO2. The molecule has 3 nitrogen and oxygen atoms in total. The second-order valence-corrected chi connectivity index (χ2v) is 1.97. The molecule has 6 heteroatoms. The Labute approximate surface area is 53.8 Å². The molecule has 0 bridgehead atoms. The molecule has 58 valence electrons. The van der Waals surface area contributed by atoms with E-state index in [4.69, 9.17) is 5.11 Å². The molecule has 0 aromatic rings. The molecule has 0 aliphatic carbocycles. The molecule has 0 radical (unpaired) electrons. The normalized spacial score (nSPS) is 33.0. The first-order valence-corrected chi connectivity index (χ1v) is 2.48. The molecule has 1 rings (SSSR count). The molecule has 1 saturated heterocycles. The first-order chi connectivity index (χ1) is 4.43. The topological polar surface area (TPSA) is 49.3 Å². The summed E-state index contributed by atoms with van der Waals surface area (Å²) in [6.45, 7) is 0. The van der Waals surface area contributed by atoms with E-state index in [1.807, 2.05) is 0 Å². The van der Waals surface area contributed by atoms with Crippen molar-refractivity contribution < 1.29 is 23.1 Å². The standard InChI is InChI=1S/C4H4F3NO2/c5-4(6,7)2-1(9)3(10)8-2/h1-2,9H,(H,8,10)/t1-,2-/m0/s1. The molecule has 0 unspecified atom stereocenters. The highest BCUT2D eigenvalue weighted by Gasteiger charge is 2.54. The van der Waals surface area contributed by atoms with E-state index in [9.17, 15) is 18.0 Å². The van der Waals surface area contributed by atoms with Crippen molar-refractivity contribution in [1.82, 2.24) is 5.32 Å². The predicted octanol–water partition coefficient (Wildman–Crippen LogP) is -0.592. The number of carbonyl (C=O) groups is 1. The zero-order chi connectivity index (χ0) is 7.94. The number of hydrogen-bond acceptors (Lipinski definition) is 2. The van der Waals surface area contributed by atoms with Gasteiger partial charge in [-0.2, -0.15) is 13.2 Å². The number of hydrogen-bond donors (Lipinski definition) is 2. The molecule has 10 heavy (non-hydrogen) atoms. The molecule has 2 N–H and O–H groups in total. The maximum absolute atomic E-state index is 11.5. The third kappa shape index (κ3) is 0.942. The number of rotatable bonds is 0. The summed E-state index contributed by atoms with van der Waals surface area (Å²) in [6.07, 6.45) is -6.45. The van der Waals surface area contributed by atoms with Crippen molar-refractivity contribution in [3.63, 3.8) is 0 Å². The highest BCUT2D eigenvalue weighted by Crippen LogP contribution is 2.26. The highest BCUT2D eigenvalue weighted by atomic mass is 19.4. The van der Waals surface area contributed by atoms with Gasteiger partial charge >= 0.3 is 6.18 Å². The Bertz CT molecular complexity index is 166. The Hall–Kier alpha value is -0.780. The molecule has 1 aliphatic rings. The van der Waals surface area contributed by atoms with Crippen LogP contribution in [0.3, 0.4) is 0 Å². The molecular weight excluding hydrogens is 151 g/mol. The lowest BCUT2D eigenvalue weighted by Crippen LogP contribution is -2.68. The van der Waals surface area contributed by atoms with Crippen LogP contribution in [0.4, 0.5) is 13.2 Å². The van der Waals surface area contributed by atoms with Crippen molar-refractivity contribution in [2.45, 2.75) is 18.3 Å². The average Bonchev–Trinajstić information content (AvgIpc) is 1.79. The van der Waals surface area contributed by atoms with Crippen LogP contribution in [0.1, 0.15) is 0 Å². The third-order valence-electron chi connectivity index (χ3n) is 1.23. The van der Waals surface area contributed by atoms with E-state index in [0.717, 1.165) is 0 Å². The van der Waals surface area contributed by atoms with E-state index in [-0.39, 0.29) is 0 Å². The van der Waals surface area contributed by atoms with Crippen LogP contribution in [0.25, 0.3) is 0 Å². The van der Waals surface area contributed by atoms with Gasteiger partial charge in [0.1, 0.15) is 0 Å². The van der Waals surface area contributed by atoms with Gasteiger partial charge in [-0.15, -0.1) is 0 Å². The van der Waals surface area contributed by atoms with Gasteiger partial charge in [0.05, 0.1) is 0 Å². The van der Waals surface area contributed by atoms with E-state index in [2.05, 4.69) is 0 Å². The minimum atomic E-state index is -4.53.